The normalized spacial score (nSPS) is 10.4. The molecule has 0 unspecified atom stereocenters. The molecule has 1 aromatic carbocycles. The predicted molar refractivity (Wildman–Crippen MR) is 70.1 cm³/mol. The van der Waals surface area contributed by atoms with Crippen LogP contribution >= 0.6 is 0 Å². The second kappa shape index (κ2) is 8.53. The zero-order chi connectivity index (χ0) is 15.7. The van der Waals surface area contributed by atoms with Gasteiger partial charge in [0.05, 0.1) is 7.11 Å². The molecule has 0 fully saturated rings. The van der Waals surface area contributed by atoms with Crippen molar-refractivity contribution in [3.05, 3.63) is 29.8 Å². The SMILES string of the molecule is COc1cc(C=CC(=O)OCC(F)F)ccc1OCC#N. The first-order valence-electron chi connectivity index (χ1n) is 5.87. The van der Waals surface area contributed by atoms with E-state index in [0.29, 0.717) is 17.1 Å². The molecule has 112 valence electrons. The van der Waals surface area contributed by atoms with Crippen molar-refractivity contribution in [3.63, 3.8) is 0 Å². The van der Waals surface area contributed by atoms with Crippen LogP contribution in [-0.4, -0.2) is 32.7 Å². The van der Waals surface area contributed by atoms with Gasteiger partial charge in [-0.2, -0.15) is 5.26 Å². The molecule has 0 atom stereocenters. The van der Waals surface area contributed by atoms with Gasteiger partial charge in [0.25, 0.3) is 6.43 Å². The fourth-order valence-corrected chi connectivity index (χ4v) is 1.37. The zero-order valence-corrected chi connectivity index (χ0v) is 11.2. The monoisotopic (exact) mass is 297 g/mol. The summed E-state index contributed by atoms with van der Waals surface area (Å²) in [6.07, 6.45) is -0.267. The van der Waals surface area contributed by atoms with E-state index in [9.17, 15) is 13.6 Å². The number of ether oxygens (including phenoxy) is 3. The molecule has 0 aliphatic heterocycles. The lowest BCUT2D eigenvalue weighted by atomic mass is 10.2. The van der Waals surface area contributed by atoms with Crippen LogP contribution in [0.4, 0.5) is 8.78 Å². The molecule has 1 aromatic rings. The van der Waals surface area contributed by atoms with Crippen molar-refractivity contribution in [3.8, 4) is 17.6 Å². The Hall–Kier alpha value is -2.62. The molecular formula is C14H13F2NO4. The van der Waals surface area contributed by atoms with E-state index in [1.165, 1.54) is 13.2 Å². The molecule has 0 amide bonds. The number of rotatable bonds is 7. The molecule has 0 aliphatic rings. The van der Waals surface area contributed by atoms with Crippen molar-refractivity contribution in [1.29, 1.82) is 5.26 Å². The lowest BCUT2D eigenvalue weighted by Crippen LogP contribution is -2.08. The van der Waals surface area contributed by atoms with Crippen LogP contribution in [0.2, 0.25) is 0 Å². The number of nitrogens with zero attached hydrogens (tertiary/aromatic N) is 1. The van der Waals surface area contributed by atoms with Gasteiger partial charge in [-0.15, -0.1) is 0 Å². The van der Waals surface area contributed by atoms with Gasteiger partial charge < -0.3 is 14.2 Å². The summed E-state index contributed by atoms with van der Waals surface area (Å²) in [7, 11) is 1.43. The number of esters is 1. The van der Waals surface area contributed by atoms with Crippen molar-refractivity contribution < 1.29 is 27.8 Å². The van der Waals surface area contributed by atoms with Gasteiger partial charge in [-0.05, 0) is 23.8 Å². The lowest BCUT2D eigenvalue weighted by Gasteiger charge is -2.08. The van der Waals surface area contributed by atoms with Crippen molar-refractivity contribution >= 4 is 12.0 Å². The molecule has 0 aliphatic carbocycles. The van der Waals surface area contributed by atoms with Gasteiger partial charge in [0.15, 0.2) is 24.7 Å². The lowest BCUT2D eigenvalue weighted by molar-refractivity contribution is -0.141. The topological polar surface area (TPSA) is 68.6 Å². The molecule has 1 rings (SSSR count). The molecule has 0 N–H and O–H groups in total. The molecular weight excluding hydrogens is 284 g/mol. The fraction of sp³-hybridized carbons (Fsp3) is 0.286. The molecule has 5 nitrogen and oxygen atoms in total. The number of methoxy groups -OCH3 is 1. The van der Waals surface area contributed by atoms with Gasteiger partial charge in [0.1, 0.15) is 6.07 Å². The predicted octanol–water partition coefficient (Wildman–Crippen LogP) is 2.42. The van der Waals surface area contributed by atoms with Crippen molar-refractivity contribution in [2.45, 2.75) is 6.43 Å². The summed E-state index contributed by atoms with van der Waals surface area (Å²) in [6, 6.07) is 6.59. The third kappa shape index (κ3) is 5.91. The molecule has 21 heavy (non-hydrogen) atoms. The molecule has 0 bridgehead atoms. The van der Waals surface area contributed by atoms with Gasteiger partial charge in [-0.25, -0.2) is 13.6 Å². The second-order valence-corrected chi connectivity index (χ2v) is 3.71. The van der Waals surface area contributed by atoms with E-state index in [0.717, 1.165) is 6.08 Å². The van der Waals surface area contributed by atoms with E-state index in [2.05, 4.69) is 4.74 Å². The van der Waals surface area contributed by atoms with Crippen molar-refractivity contribution in [1.82, 2.24) is 0 Å². The van der Waals surface area contributed by atoms with Crippen LogP contribution in [0.25, 0.3) is 6.08 Å². The number of hydrogen-bond donors (Lipinski definition) is 0. The van der Waals surface area contributed by atoms with E-state index in [-0.39, 0.29) is 6.61 Å². The molecule has 0 saturated heterocycles. The Morgan fingerprint density at radius 3 is 2.81 bits per heavy atom. The maximum Gasteiger partial charge on any atom is 0.330 e. The largest absolute Gasteiger partial charge is 0.493 e. The Morgan fingerprint density at radius 1 is 1.43 bits per heavy atom. The van der Waals surface area contributed by atoms with E-state index < -0.39 is 19.0 Å². The first-order valence-corrected chi connectivity index (χ1v) is 5.87. The van der Waals surface area contributed by atoms with Crippen LogP contribution in [0.1, 0.15) is 5.56 Å². The number of carbonyl (C=O) groups is 1. The smallest absolute Gasteiger partial charge is 0.330 e. The average molecular weight is 297 g/mol. The molecule has 0 aromatic heterocycles. The highest BCUT2D eigenvalue weighted by atomic mass is 19.3. The van der Waals surface area contributed by atoms with Gasteiger partial charge in [0, 0.05) is 6.08 Å². The number of carbonyl (C=O) groups excluding carboxylic acids is 1. The zero-order valence-electron chi connectivity index (χ0n) is 11.2. The summed E-state index contributed by atoms with van der Waals surface area (Å²) in [4.78, 5) is 11.1. The standard InChI is InChI=1S/C14H13F2NO4/c1-19-12-8-10(2-4-11(12)20-7-6-17)3-5-14(18)21-9-13(15)16/h2-5,8,13H,7,9H2,1H3. The number of hydrogen-bond acceptors (Lipinski definition) is 5. The summed E-state index contributed by atoms with van der Waals surface area (Å²) in [5, 5.41) is 8.45. The van der Waals surface area contributed by atoms with Gasteiger partial charge >= 0.3 is 5.97 Å². The Kier molecular flexibility index (Phi) is 6.68. The van der Waals surface area contributed by atoms with Crippen LogP contribution in [0.15, 0.2) is 24.3 Å². The maximum absolute atomic E-state index is 11.8. The van der Waals surface area contributed by atoms with Crippen LogP contribution in [-0.2, 0) is 9.53 Å². The minimum atomic E-state index is -2.70. The highest BCUT2D eigenvalue weighted by molar-refractivity contribution is 5.87. The summed E-state index contributed by atoms with van der Waals surface area (Å²) in [6.45, 7) is -1.06. The van der Waals surface area contributed by atoms with E-state index >= 15 is 0 Å². The van der Waals surface area contributed by atoms with E-state index in [1.807, 2.05) is 6.07 Å². The molecule has 0 heterocycles. The quantitative estimate of drug-likeness (QED) is 0.571. The highest BCUT2D eigenvalue weighted by Gasteiger charge is 2.07. The number of halogens is 2. The molecule has 7 heteroatoms. The third-order valence-electron chi connectivity index (χ3n) is 2.24. The number of nitriles is 1. The summed E-state index contributed by atoms with van der Waals surface area (Å²) in [5.41, 5.74) is 0.588. The first kappa shape index (κ1) is 16.4. The maximum atomic E-state index is 11.8. The summed E-state index contributed by atoms with van der Waals surface area (Å²) in [5.74, 6) is -0.0936. The Bertz CT molecular complexity index is 552. The van der Waals surface area contributed by atoms with Crippen LogP contribution in [0.3, 0.4) is 0 Å². The Labute approximate surface area is 120 Å². The summed E-state index contributed by atoms with van der Waals surface area (Å²) >= 11 is 0. The number of benzene rings is 1. The molecule has 0 saturated carbocycles. The Balaban J connectivity index is 2.71. The first-order chi connectivity index (χ1) is 10.1. The van der Waals surface area contributed by atoms with Gasteiger partial charge in [0.2, 0.25) is 0 Å². The van der Waals surface area contributed by atoms with Crippen LogP contribution in [0.5, 0.6) is 11.5 Å². The molecule has 0 spiro atoms. The fourth-order valence-electron chi connectivity index (χ4n) is 1.37. The second-order valence-electron chi connectivity index (χ2n) is 3.71. The minimum absolute atomic E-state index is 0.120. The van der Waals surface area contributed by atoms with Gasteiger partial charge in [-0.1, -0.05) is 6.07 Å². The van der Waals surface area contributed by atoms with E-state index in [1.54, 1.807) is 18.2 Å². The van der Waals surface area contributed by atoms with E-state index in [4.69, 9.17) is 14.7 Å². The van der Waals surface area contributed by atoms with Crippen LogP contribution in [0, 0.1) is 11.3 Å². The average Bonchev–Trinajstić information content (AvgIpc) is 2.49. The molecule has 0 radical (unpaired) electrons. The Morgan fingerprint density at radius 2 is 2.19 bits per heavy atom. The highest BCUT2D eigenvalue weighted by Crippen LogP contribution is 2.28. The van der Waals surface area contributed by atoms with Gasteiger partial charge in [-0.3, -0.25) is 0 Å². The minimum Gasteiger partial charge on any atom is -0.493 e. The third-order valence-corrected chi connectivity index (χ3v) is 2.24. The summed E-state index contributed by atoms with van der Waals surface area (Å²) < 4.78 is 38.2. The van der Waals surface area contributed by atoms with Crippen molar-refractivity contribution in [2.24, 2.45) is 0 Å². The van der Waals surface area contributed by atoms with Crippen molar-refractivity contribution in [2.75, 3.05) is 20.3 Å². The van der Waals surface area contributed by atoms with Crippen LogP contribution < -0.4 is 9.47 Å². The number of alkyl halides is 2.